The number of nitrogens with zero attached hydrogens (tertiary/aromatic N) is 2. The molecule has 2 rings (SSSR count). The molecule has 0 saturated carbocycles. The van der Waals surface area contributed by atoms with E-state index >= 15 is 0 Å². The van der Waals surface area contributed by atoms with Crippen LogP contribution in [0.25, 0.3) is 0 Å². The fraction of sp³-hybridized carbons (Fsp3) is 0.543. The summed E-state index contributed by atoms with van der Waals surface area (Å²) in [5.41, 5.74) is 7.41. The molecule has 10 heteroatoms. The molecule has 1 aromatic carbocycles. The molecule has 0 bridgehead atoms. The second-order valence-electron chi connectivity index (χ2n) is 10.0. The van der Waals surface area contributed by atoms with Crippen molar-refractivity contribution in [3.63, 3.8) is 0 Å². The fourth-order valence-electron chi connectivity index (χ4n) is 4.58. The predicted molar refractivity (Wildman–Crippen MR) is 188 cm³/mol. The summed E-state index contributed by atoms with van der Waals surface area (Å²) in [6, 6.07) is 1.79. The van der Waals surface area contributed by atoms with Crippen molar-refractivity contribution in [3.8, 4) is 0 Å². The van der Waals surface area contributed by atoms with Gasteiger partial charge in [0.2, 0.25) is 0 Å². The van der Waals surface area contributed by atoms with Crippen LogP contribution in [-0.4, -0.2) is 47.4 Å². The molecule has 1 aromatic rings. The highest BCUT2D eigenvalue weighted by Gasteiger charge is 2.37. The minimum Gasteiger partial charge on any atom is -0.402 e. The van der Waals surface area contributed by atoms with E-state index in [1.54, 1.807) is 17.2 Å². The number of carbonyl (C=O) groups excluding carboxylic acids is 2. The van der Waals surface area contributed by atoms with Gasteiger partial charge in [0.15, 0.2) is 5.78 Å². The molecule has 0 aromatic heterocycles. The van der Waals surface area contributed by atoms with Gasteiger partial charge in [-0.05, 0) is 62.6 Å². The van der Waals surface area contributed by atoms with Crippen molar-refractivity contribution in [3.05, 3.63) is 70.6 Å². The van der Waals surface area contributed by atoms with Gasteiger partial charge in [-0.15, -0.1) is 0 Å². The molecule has 2 unspecified atom stereocenters. The van der Waals surface area contributed by atoms with E-state index in [0.717, 1.165) is 25.3 Å². The SMILES string of the molecule is C=CC(=O)C(C)CC.CC.CC/C=C/N=Cc1c(C(=O)N2CCC(N)=C(C(=N)CCC)C2CC)ccc(C(F)(F)F)c1C.CS. The maximum absolute atomic E-state index is 13.7. The van der Waals surface area contributed by atoms with Gasteiger partial charge in [0.05, 0.1) is 11.6 Å². The monoisotopic (exact) mass is 652 g/mol. The Kier molecular flexibility index (Phi) is 22.7. The zero-order chi connectivity index (χ0) is 35.3. The van der Waals surface area contributed by atoms with Crippen molar-refractivity contribution in [1.29, 1.82) is 5.41 Å². The third-order valence-corrected chi connectivity index (χ3v) is 7.13. The molecule has 1 aliphatic heterocycles. The number of nitrogens with one attached hydrogen (secondary N) is 1. The highest BCUT2D eigenvalue weighted by atomic mass is 32.1. The van der Waals surface area contributed by atoms with E-state index in [-0.39, 0.29) is 34.3 Å². The second-order valence-corrected chi connectivity index (χ2v) is 10.0. The summed E-state index contributed by atoms with van der Waals surface area (Å²) < 4.78 is 40.6. The number of benzene rings is 1. The maximum Gasteiger partial charge on any atom is 0.416 e. The molecule has 1 heterocycles. The summed E-state index contributed by atoms with van der Waals surface area (Å²) in [7, 11) is 0. The van der Waals surface area contributed by atoms with Crippen molar-refractivity contribution in [2.75, 3.05) is 12.8 Å². The highest BCUT2D eigenvalue weighted by molar-refractivity contribution is 7.79. The summed E-state index contributed by atoms with van der Waals surface area (Å²) in [6.07, 6.45) is 7.09. The molecule has 45 heavy (non-hydrogen) atoms. The first-order chi connectivity index (χ1) is 21.3. The van der Waals surface area contributed by atoms with Crippen LogP contribution in [0.1, 0.15) is 114 Å². The van der Waals surface area contributed by atoms with Crippen LogP contribution in [0.15, 0.2) is 53.3 Å². The number of nitrogens with two attached hydrogens (primary N) is 1. The first kappa shape index (κ1) is 44.0. The molecule has 0 spiro atoms. The Labute approximate surface area is 275 Å². The molecular formula is C35H55F3N4O2S. The zero-order valence-corrected chi connectivity index (χ0v) is 29.5. The van der Waals surface area contributed by atoms with Crippen LogP contribution in [0.3, 0.4) is 0 Å². The average molecular weight is 653 g/mol. The second kappa shape index (κ2) is 23.2. The lowest BCUT2D eigenvalue weighted by Crippen LogP contribution is -2.47. The van der Waals surface area contributed by atoms with Gasteiger partial charge >= 0.3 is 6.18 Å². The highest BCUT2D eigenvalue weighted by Crippen LogP contribution is 2.35. The molecule has 3 N–H and O–H groups in total. The topological polar surface area (TPSA) is 99.6 Å². The van der Waals surface area contributed by atoms with Gasteiger partial charge in [-0.25, -0.2) is 0 Å². The fourth-order valence-corrected chi connectivity index (χ4v) is 4.58. The number of thiol groups is 1. The minimum atomic E-state index is -4.54. The molecule has 0 saturated heterocycles. The van der Waals surface area contributed by atoms with Crippen molar-refractivity contribution in [2.24, 2.45) is 16.6 Å². The number of hydrogen-bond acceptors (Lipinski definition) is 6. The summed E-state index contributed by atoms with van der Waals surface area (Å²) in [6.45, 7) is 18.8. The summed E-state index contributed by atoms with van der Waals surface area (Å²) in [5, 5.41) is 8.46. The lowest BCUT2D eigenvalue weighted by atomic mass is 9.88. The number of allylic oxidation sites excluding steroid dienone is 2. The zero-order valence-electron chi connectivity index (χ0n) is 28.6. The molecule has 0 radical (unpaired) electrons. The average Bonchev–Trinajstić information content (AvgIpc) is 3.03. The molecule has 254 valence electrons. The Morgan fingerprint density at radius 2 is 1.80 bits per heavy atom. The Balaban J connectivity index is 0. The van der Waals surface area contributed by atoms with E-state index in [1.165, 1.54) is 31.5 Å². The van der Waals surface area contributed by atoms with Gasteiger partial charge < -0.3 is 16.0 Å². The summed E-state index contributed by atoms with van der Waals surface area (Å²) in [5.74, 6) is -0.0751. The third-order valence-electron chi connectivity index (χ3n) is 7.13. The van der Waals surface area contributed by atoms with E-state index < -0.39 is 17.8 Å². The first-order valence-corrected chi connectivity index (χ1v) is 16.6. The van der Waals surface area contributed by atoms with Crippen molar-refractivity contribution >= 4 is 36.2 Å². The Morgan fingerprint density at radius 3 is 2.24 bits per heavy atom. The lowest BCUT2D eigenvalue weighted by Gasteiger charge is -2.38. The van der Waals surface area contributed by atoms with Crippen LogP contribution in [-0.2, 0) is 11.0 Å². The molecule has 1 aliphatic rings. The number of carbonyl (C=O) groups is 2. The van der Waals surface area contributed by atoms with Gasteiger partial charge in [0.25, 0.3) is 5.91 Å². The first-order valence-electron chi connectivity index (χ1n) is 15.7. The Hall–Kier alpha value is -3.14. The summed E-state index contributed by atoms with van der Waals surface area (Å²) >= 11 is 3.53. The number of hydrogen-bond donors (Lipinski definition) is 3. The maximum atomic E-state index is 13.7. The quantitative estimate of drug-likeness (QED) is 0.126. The third kappa shape index (κ3) is 13.4. The van der Waals surface area contributed by atoms with Gasteiger partial charge in [0.1, 0.15) is 0 Å². The normalized spacial score (nSPS) is 15.3. The molecule has 0 aliphatic carbocycles. The van der Waals surface area contributed by atoms with Crippen molar-refractivity contribution in [1.82, 2.24) is 4.90 Å². The van der Waals surface area contributed by atoms with Gasteiger partial charge in [0, 0.05) is 59.4 Å². The Bertz CT molecular complexity index is 1190. The van der Waals surface area contributed by atoms with Crippen molar-refractivity contribution in [2.45, 2.75) is 106 Å². The van der Waals surface area contributed by atoms with E-state index in [1.807, 2.05) is 48.5 Å². The summed E-state index contributed by atoms with van der Waals surface area (Å²) in [4.78, 5) is 30.0. The van der Waals surface area contributed by atoms with Crippen LogP contribution in [0.5, 0.6) is 0 Å². The van der Waals surface area contributed by atoms with Crippen LogP contribution < -0.4 is 5.73 Å². The van der Waals surface area contributed by atoms with Crippen LogP contribution in [0.2, 0.25) is 0 Å². The van der Waals surface area contributed by atoms with E-state index in [2.05, 4.69) is 24.2 Å². The number of ketones is 1. The standard InChI is InChI=1S/C25H33F3N4O.C7H12O.C2H6.CH4S/c1-5-8-13-31-15-18-16(4)19(25(26,27)28)11-10-17(18)24(33)32-14-12-21(30)23(22(32)7-3)20(29)9-6-2;1-4-6(3)7(8)5-2;2*1-2/h8,10-11,13,15,22,29H,5-7,9,12,14,30H2,1-4H3;5-6H,2,4H2,1,3H3;1-2H3;2H,1H3/b13-8+,29-20?,31-15?;;;. The van der Waals surface area contributed by atoms with Crippen molar-refractivity contribution < 1.29 is 22.8 Å². The van der Waals surface area contributed by atoms with E-state index in [9.17, 15) is 22.8 Å². The number of aliphatic imine (C=N–C) groups is 1. The van der Waals surface area contributed by atoms with Gasteiger partial charge in [-0.3, -0.25) is 14.6 Å². The lowest BCUT2D eigenvalue weighted by molar-refractivity contribution is -0.138. The van der Waals surface area contributed by atoms with Crippen LogP contribution >= 0.6 is 12.6 Å². The number of rotatable bonds is 11. The number of halogens is 3. The largest absolute Gasteiger partial charge is 0.416 e. The van der Waals surface area contributed by atoms with Crippen LogP contribution in [0.4, 0.5) is 13.2 Å². The molecule has 0 fully saturated rings. The van der Waals surface area contributed by atoms with E-state index in [0.29, 0.717) is 42.8 Å². The van der Waals surface area contributed by atoms with E-state index in [4.69, 9.17) is 11.1 Å². The van der Waals surface area contributed by atoms with Crippen LogP contribution in [0, 0.1) is 18.3 Å². The predicted octanol–water partition coefficient (Wildman–Crippen LogP) is 9.37. The number of alkyl halides is 3. The smallest absolute Gasteiger partial charge is 0.402 e. The minimum absolute atomic E-state index is 0.0407. The van der Waals surface area contributed by atoms with Gasteiger partial charge in [-0.1, -0.05) is 67.5 Å². The molecular weight excluding hydrogens is 597 g/mol. The van der Waals surface area contributed by atoms with Gasteiger partial charge in [-0.2, -0.15) is 25.8 Å². The molecule has 2 atom stereocenters. The molecule has 1 amide bonds. The number of amides is 1. The Morgan fingerprint density at radius 1 is 1.20 bits per heavy atom. The molecule has 6 nitrogen and oxygen atoms in total.